The molecule has 0 spiro atoms. The van der Waals surface area contributed by atoms with Crippen LogP contribution in [0.15, 0.2) is 53.6 Å². The van der Waals surface area contributed by atoms with Crippen molar-refractivity contribution in [1.82, 2.24) is 15.4 Å². The molecule has 0 bridgehead atoms. The van der Waals surface area contributed by atoms with Crippen molar-refractivity contribution in [3.8, 4) is 5.75 Å². The molecule has 1 aromatic heterocycles. The van der Waals surface area contributed by atoms with Crippen LogP contribution in [0, 0.1) is 11.2 Å². The first-order chi connectivity index (χ1) is 18.4. The lowest BCUT2D eigenvalue weighted by molar-refractivity contribution is -0.143. The number of piperidine rings is 1. The molecule has 10 heteroatoms. The fourth-order valence-corrected chi connectivity index (χ4v) is 6.29. The van der Waals surface area contributed by atoms with Crippen molar-refractivity contribution in [2.75, 3.05) is 32.5 Å². The molecule has 204 valence electrons. The highest BCUT2D eigenvalue weighted by Crippen LogP contribution is 2.41. The number of aromatic nitrogens is 1. The minimum atomic E-state index is -0.920. The number of hydrogen-bond donors (Lipinski definition) is 3. The van der Waals surface area contributed by atoms with Gasteiger partial charge in [0.2, 0.25) is 5.91 Å². The molecule has 38 heavy (non-hydrogen) atoms. The van der Waals surface area contributed by atoms with E-state index in [1.165, 1.54) is 24.0 Å². The summed E-state index contributed by atoms with van der Waals surface area (Å²) < 4.78 is 19.1. The Labute approximate surface area is 231 Å². The van der Waals surface area contributed by atoms with Crippen LogP contribution in [0.5, 0.6) is 5.75 Å². The number of methoxy groups -OCH3 is 1. The fourth-order valence-electron chi connectivity index (χ4n) is 5.14. The Morgan fingerprint density at radius 3 is 2.76 bits per heavy atom. The summed E-state index contributed by atoms with van der Waals surface area (Å²) in [6.07, 6.45) is 3.31. The number of amides is 1. The van der Waals surface area contributed by atoms with E-state index in [-0.39, 0.29) is 5.82 Å². The van der Waals surface area contributed by atoms with Crippen LogP contribution in [0.2, 0.25) is 5.02 Å². The minimum Gasteiger partial charge on any atom is -0.497 e. The second-order valence-electron chi connectivity index (χ2n) is 9.65. The van der Waals surface area contributed by atoms with Gasteiger partial charge in [0.25, 0.3) is 0 Å². The van der Waals surface area contributed by atoms with E-state index in [0.29, 0.717) is 70.9 Å². The molecule has 0 saturated carbocycles. The standard InChI is InChI=1S/C28H33ClFN3O4S/c1-37-19-7-8-23-20(17-19)26(21(29)18-31-23)24(34)9-10-28(27(35)32-36)11-14-33(15-12-28)13-4-16-38-25-6-3-2-5-22(25)30/h2-3,5-8,17-18,24,34,36H,4,9-16H2,1H3,(H,32,35). The van der Waals surface area contributed by atoms with Crippen molar-refractivity contribution in [3.05, 3.63) is 65.1 Å². The van der Waals surface area contributed by atoms with Crippen LogP contribution in [0.4, 0.5) is 4.39 Å². The predicted octanol–water partition coefficient (Wildman–Crippen LogP) is 5.62. The summed E-state index contributed by atoms with van der Waals surface area (Å²) in [6, 6.07) is 12.2. The second-order valence-corrected chi connectivity index (χ2v) is 11.2. The normalized spacial score (nSPS) is 16.3. The Bertz CT molecular complexity index is 1260. The van der Waals surface area contributed by atoms with Crippen molar-refractivity contribution >= 4 is 40.2 Å². The minimum absolute atomic E-state index is 0.197. The van der Waals surface area contributed by atoms with Gasteiger partial charge in [0.1, 0.15) is 11.6 Å². The third kappa shape index (κ3) is 6.58. The van der Waals surface area contributed by atoms with E-state index in [4.69, 9.17) is 16.3 Å². The van der Waals surface area contributed by atoms with Crippen LogP contribution in [0.25, 0.3) is 10.9 Å². The third-order valence-electron chi connectivity index (χ3n) is 7.41. The monoisotopic (exact) mass is 561 g/mol. The maximum atomic E-state index is 13.8. The van der Waals surface area contributed by atoms with Gasteiger partial charge in [-0.3, -0.25) is 15.0 Å². The molecule has 1 unspecified atom stereocenters. The summed E-state index contributed by atoms with van der Waals surface area (Å²) in [6.45, 7) is 2.25. The van der Waals surface area contributed by atoms with Gasteiger partial charge >= 0.3 is 0 Å². The van der Waals surface area contributed by atoms with E-state index in [9.17, 15) is 19.5 Å². The average Bonchev–Trinajstić information content (AvgIpc) is 2.94. The van der Waals surface area contributed by atoms with Gasteiger partial charge in [0.05, 0.1) is 29.2 Å². The quantitative estimate of drug-likeness (QED) is 0.121. The van der Waals surface area contributed by atoms with Gasteiger partial charge in [-0.25, -0.2) is 9.87 Å². The van der Waals surface area contributed by atoms with Crippen molar-refractivity contribution in [2.24, 2.45) is 5.41 Å². The number of carbonyl (C=O) groups is 1. The molecule has 1 aliphatic heterocycles. The molecule has 2 aromatic carbocycles. The highest BCUT2D eigenvalue weighted by atomic mass is 35.5. The number of nitrogens with zero attached hydrogens (tertiary/aromatic N) is 2. The van der Waals surface area contributed by atoms with Gasteiger partial charge in [0.15, 0.2) is 0 Å². The Morgan fingerprint density at radius 2 is 2.05 bits per heavy atom. The number of fused-ring (bicyclic) bond motifs is 1. The van der Waals surface area contributed by atoms with Gasteiger partial charge in [-0.15, -0.1) is 11.8 Å². The number of aliphatic hydroxyl groups is 1. The Kier molecular flexibility index (Phi) is 9.84. The molecule has 1 amide bonds. The molecule has 0 radical (unpaired) electrons. The SMILES string of the molecule is COc1ccc2ncc(Cl)c(C(O)CCC3(C(=O)NO)CCN(CCCSc4ccccc4F)CC3)c2c1. The van der Waals surface area contributed by atoms with Crippen LogP contribution >= 0.6 is 23.4 Å². The number of nitrogens with one attached hydrogen (secondary N) is 1. The lowest BCUT2D eigenvalue weighted by Crippen LogP contribution is -2.48. The van der Waals surface area contributed by atoms with E-state index in [1.54, 1.807) is 31.4 Å². The van der Waals surface area contributed by atoms with Crippen LogP contribution < -0.4 is 10.2 Å². The number of ether oxygens (including phenoxy) is 1. The van der Waals surface area contributed by atoms with E-state index >= 15 is 0 Å². The van der Waals surface area contributed by atoms with Crippen molar-refractivity contribution < 1.29 is 24.2 Å². The Morgan fingerprint density at radius 1 is 1.29 bits per heavy atom. The third-order valence-corrected chi connectivity index (χ3v) is 8.84. The maximum absolute atomic E-state index is 13.8. The molecule has 1 aliphatic rings. The largest absolute Gasteiger partial charge is 0.497 e. The van der Waals surface area contributed by atoms with Crippen molar-refractivity contribution in [3.63, 3.8) is 0 Å². The molecular weight excluding hydrogens is 529 g/mol. The first kappa shape index (κ1) is 28.6. The summed E-state index contributed by atoms with van der Waals surface area (Å²) in [4.78, 5) is 20.1. The number of benzene rings is 2. The summed E-state index contributed by atoms with van der Waals surface area (Å²) >= 11 is 7.96. The number of thioether (sulfide) groups is 1. The molecule has 1 saturated heterocycles. The summed E-state index contributed by atoms with van der Waals surface area (Å²) in [5.41, 5.74) is 2.31. The second kappa shape index (κ2) is 13.1. The topological polar surface area (TPSA) is 94.9 Å². The summed E-state index contributed by atoms with van der Waals surface area (Å²) in [7, 11) is 1.57. The molecule has 1 atom stereocenters. The summed E-state index contributed by atoms with van der Waals surface area (Å²) in [5, 5.41) is 21.7. The lowest BCUT2D eigenvalue weighted by Gasteiger charge is -2.40. The molecule has 2 heterocycles. The zero-order valence-electron chi connectivity index (χ0n) is 21.3. The predicted molar refractivity (Wildman–Crippen MR) is 147 cm³/mol. The van der Waals surface area contributed by atoms with E-state index < -0.39 is 17.4 Å². The number of hydroxylamine groups is 1. The van der Waals surface area contributed by atoms with Gasteiger partial charge in [-0.05, 0) is 87.8 Å². The average molecular weight is 562 g/mol. The smallest absolute Gasteiger partial charge is 0.249 e. The molecule has 4 rings (SSSR count). The number of likely N-dealkylation sites (tertiary alicyclic amines) is 1. The molecule has 3 N–H and O–H groups in total. The van der Waals surface area contributed by atoms with E-state index in [0.717, 1.165) is 18.7 Å². The lowest BCUT2D eigenvalue weighted by atomic mass is 9.73. The fraction of sp³-hybridized carbons (Fsp3) is 0.429. The first-order valence-electron chi connectivity index (χ1n) is 12.7. The van der Waals surface area contributed by atoms with Crippen LogP contribution in [-0.4, -0.2) is 58.6 Å². The number of halogens is 2. The zero-order valence-corrected chi connectivity index (χ0v) is 22.9. The molecular formula is C28H33ClFN3O4S. The number of carbonyl (C=O) groups excluding carboxylic acids is 1. The number of rotatable bonds is 11. The van der Waals surface area contributed by atoms with E-state index in [2.05, 4.69) is 9.88 Å². The van der Waals surface area contributed by atoms with Gasteiger partial charge < -0.3 is 14.7 Å². The van der Waals surface area contributed by atoms with Crippen molar-refractivity contribution in [1.29, 1.82) is 0 Å². The van der Waals surface area contributed by atoms with Gasteiger partial charge in [0, 0.05) is 22.0 Å². The number of pyridine rings is 1. The highest BCUT2D eigenvalue weighted by molar-refractivity contribution is 7.99. The molecule has 7 nitrogen and oxygen atoms in total. The summed E-state index contributed by atoms with van der Waals surface area (Å²) in [5.74, 6) is 0.812. The molecule has 3 aromatic rings. The van der Waals surface area contributed by atoms with Crippen LogP contribution in [-0.2, 0) is 4.79 Å². The van der Waals surface area contributed by atoms with Crippen molar-refractivity contribution in [2.45, 2.75) is 43.1 Å². The van der Waals surface area contributed by atoms with Gasteiger partial charge in [-0.1, -0.05) is 23.7 Å². The maximum Gasteiger partial charge on any atom is 0.249 e. The zero-order chi connectivity index (χ0) is 27.1. The Hall–Kier alpha value is -2.43. The highest BCUT2D eigenvalue weighted by Gasteiger charge is 2.41. The first-order valence-corrected chi connectivity index (χ1v) is 14.1. The van der Waals surface area contributed by atoms with Crippen LogP contribution in [0.1, 0.15) is 43.8 Å². The number of aliphatic hydroxyl groups excluding tert-OH is 1. The Balaban J connectivity index is 1.36. The van der Waals surface area contributed by atoms with Crippen LogP contribution in [0.3, 0.4) is 0 Å². The van der Waals surface area contributed by atoms with Gasteiger partial charge in [-0.2, -0.15) is 0 Å². The van der Waals surface area contributed by atoms with E-state index in [1.807, 2.05) is 17.6 Å². The molecule has 0 aliphatic carbocycles. The number of hydrogen-bond acceptors (Lipinski definition) is 7. The molecule has 1 fully saturated rings.